The van der Waals surface area contributed by atoms with Crippen LogP contribution in [0, 0.1) is 0 Å². The van der Waals surface area contributed by atoms with E-state index in [4.69, 9.17) is 18.9 Å². The lowest BCUT2D eigenvalue weighted by molar-refractivity contribution is -0.254. The fraction of sp³-hybridized carbons (Fsp3) is 0.306. The number of rotatable bonds is 14. The molecule has 12 heteroatoms. The fourth-order valence-electron chi connectivity index (χ4n) is 7.15. The summed E-state index contributed by atoms with van der Waals surface area (Å²) in [5.41, 5.74) is -1.89. The molecule has 1 aliphatic rings. The van der Waals surface area contributed by atoms with E-state index in [1.807, 2.05) is 55.4 Å². The highest BCUT2D eigenvalue weighted by atomic mass is 32.1. The Kier molecular flexibility index (Phi) is 12.2. The zero-order valence-corrected chi connectivity index (χ0v) is 36.6. The van der Waals surface area contributed by atoms with Crippen LogP contribution in [-0.2, 0) is 0 Å². The van der Waals surface area contributed by atoms with Crippen molar-refractivity contribution in [2.75, 3.05) is 0 Å². The van der Waals surface area contributed by atoms with Crippen LogP contribution in [0.25, 0.3) is 52.9 Å². The molecule has 0 N–H and O–H groups in total. The Morgan fingerprint density at radius 1 is 0.377 bits per heavy atom. The lowest BCUT2D eigenvalue weighted by Gasteiger charge is -2.26. The summed E-state index contributed by atoms with van der Waals surface area (Å²) < 4.78 is 123. The van der Waals surface area contributed by atoms with E-state index in [9.17, 15) is 0 Å². The van der Waals surface area contributed by atoms with Crippen molar-refractivity contribution in [3.8, 4) is 64.8 Å². The van der Waals surface area contributed by atoms with E-state index < -0.39 is 40.0 Å². The highest BCUT2D eigenvalue weighted by molar-refractivity contribution is 7.19. The smallest absolute Gasteiger partial charge is 0.380 e. The van der Waals surface area contributed by atoms with E-state index in [-0.39, 0.29) is 34.2 Å². The average Bonchev–Trinajstić information content (AvgIpc) is 3.84. The SMILES string of the molecule is CC(C)Oc1ccc(-c2cc(C3=C(c4cc(-c5ccc(OC(C)C)cc5)sc4-c4ccc(OC(C)C)cc4)C(F)(F)C(F)(F)C3(F)F)c(-c3ccc(OC(C)C)cc3)s2)cc1. The molecule has 61 heavy (non-hydrogen) atoms. The van der Waals surface area contributed by atoms with Gasteiger partial charge in [0.25, 0.3) is 0 Å². The number of hydrogen-bond acceptors (Lipinski definition) is 6. The lowest BCUT2D eigenvalue weighted by Crippen LogP contribution is -2.48. The van der Waals surface area contributed by atoms with Gasteiger partial charge in [0.1, 0.15) is 23.0 Å². The maximum absolute atomic E-state index is 16.8. The van der Waals surface area contributed by atoms with Gasteiger partial charge >= 0.3 is 17.8 Å². The maximum atomic E-state index is 16.8. The number of hydrogen-bond donors (Lipinski definition) is 0. The van der Waals surface area contributed by atoms with Gasteiger partial charge in [-0.3, -0.25) is 0 Å². The van der Waals surface area contributed by atoms with Crippen molar-refractivity contribution in [1.82, 2.24) is 0 Å². The molecule has 0 aliphatic heterocycles. The Labute approximate surface area is 360 Å². The third-order valence-electron chi connectivity index (χ3n) is 9.67. The molecule has 2 heterocycles. The molecule has 4 nitrogen and oxygen atoms in total. The van der Waals surface area contributed by atoms with E-state index in [0.29, 0.717) is 55.0 Å². The first-order valence-corrected chi connectivity index (χ1v) is 21.7. The number of ether oxygens (including phenoxy) is 4. The Bertz CT molecular complexity index is 2330. The summed E-state index contributed by atoms with van der Waals surface area (Å²) >= 11 is 2.09. The maximum Gasteiger partial charge on any atom is 0.380 e. The van der Waals surface area contributed by atoms with E-state index in [2.05, 4.69) is 0 Å². The van der Waals surface area contributed by atoms with Crippen LogP contribution in [0.5, 0.6) is 23.0 Å². The molecule has 6 aromatic rings. The van der Waals surface area contributed by atoms with Crippen LogP contribution in [0.2, 0.25) is 0 Å². The second-order valence-electron chi connectivity index (χ2n) is 15.9. The number of allylic oxidation sites excluding steroid dienone is 2. The number of thiophene rings is 2. The standard InChI is InChI=1S/C49H46F6O4S2/c1-27(2)56-35-17-9-31(10-18-35)41-25-39(45(60-41)33-13-21-37(22-14-33)58-29(5)6)43-44(48(52,53)49(54,55)47(43,50)51)40-26-42(32-11-19-36(20-12-32)57-28(3)4)61-46(40)34-15-23-38(24-16-34)59-30(7)8/h9-30H,1-8H3. The van der Waals surface area contributed by atoms with Crippen LogP contribution in [0.1, 0.15) is 66.5 Å². The van der Waals surface area contributed by atoms with Crippen molar-refractivity contribution in [1.29, 1.82) is 0 Å². The Morgan fingerprint density at radius 3 is 0.869 bits per heavy atom. The van der Waals surface area contributed by atoms with Crippen molar-refractivity contribution >= 4 is 33.8 Å². The minimum absolute atomic E-state index is 0.112. The summed E-state index contributed by atoms with van der Waals surface area (Å²) in [4.78, 5) is 1.03. The number of benzene rings is 4. The summed E-state index contributed by atoms with van der Waals surface area (Å²) in [5.74, 6) is -14.3. The molecule has 4 aromatic carbocycles. The molecule has 0 saturated heterocycles. The van der Waals surface area contributed by atoms with E-state index in [0.717, 1.165) is 22.7 Å². The first-order valence-electron chi connectivity index (χ1n) is 20.0. The predicted octanol–water partition coefficient (Wildman–Crippen LogP) is 15.5. The molecule has 0 amide bonds. The molecule has 0 radical (unpaired) electrons. The summed E-state index contributed by atoms with van der Waals surface area (Å²) in [5, 5.41) is 0. The first-order chi connectivity index (χ1) is 28.8. The van der Waals surface area contributed by atoms with Crippen molar-refractivity contribution in [2.24, 2.45) is 0 Å². The third-order valence-corrected chi connectivity index (χ3v) is 12.1. The van der Waals surface area contributed by atoms with Crippen molar-refractivity contribution in [3.05, 3.63) is 120 Å². The highest BCUT2D eigenvalue weighted by Crippen LogP contribution is 2.67. The van der Waals surface area contributed by atoms with Gasteiger partial charge in [0.2, 0.25) is 0 Å². The van der Waals surface area contributed by atoms with Crippen LogP contribution < -0.4 is 18.9 Å². The van der Waals surface area contributed by atoms with Crippen LogP contribution in [0.3, 0.4) is 0 Å². The molecule has 0 spiro atoms. The van der Waals surface area contributed by atoms with Gasteiger partial charge in [0, 0.05) is 41.8 Å². The van der Waals surface area contributed by atoms with Gasteiger partial charge in [-0.25, -0.2) is 0 Å². The van der Waals surface area contributed by atoms with Gasteiger partial charge in [-0.15, -0.1) is 22.7 Å². The van der Waals surface area contributed by atoms with Crippen molar-refractivity contribution in [3.63, 3.8) is 0 Å². The number of halogens is 6. The second-order valence-corrected chi connectivity index (χ2v) is 18.0. The highest BCUT2D eigenvalue weighted by Gasteiger charge is 2.80. The van der Waals surface area contributed by atoms with Crippen LogP contribution in [0.4, 0.5) is 26.3 Å². The van der Waals surface area contributed by atoms with Gasteiger partial charge in [-0.05, 0) is 187 Å². The molecule has 0 atom stereocenters. The third kappa shape index (κ3) is 8.66. The van der Waals surface area contributed by atoms with Crippen molar-refractivity contribution in [2.45, 2.75) is 97.6 Å². The van der Waals surface area contributed by atoms with Gasteiger partial charge in [-0.2, -0.15) is 26.3 Å². The Hall–Kier alpha value is -5.20. The van der Waals surface area contributed by atoms with Crippen LogP contribution in [-0.4, -0.2) is 42.2 Å². The molecular formula is C49H46F6O4S2. The topological polar surface area (TPSA) is 36.9 Å². The minimum Gasteiger partial charge on any atom is -0.491 e. The molecule has 320 valence electrons. The van der Waals surface area contributed by atoms with E-state index >= 15 is 26.3 Å². The second kappa shape index (κ2) is 16.9. The summed E-state index contributed by atoms with van der Waals surface area (Å²) in [6.07, 6.45) is -0.555. The molecule has 1 aliphatic carbocycles. The monoisotopic (exact) mass is 876 g/mol. The van der Waals surface area contributed by atoms with Gasteiger partial charge < -0.3 is 18.9 Å². The summed E-state index contributed by atoms with van der Waals surface area (Å²) in [6, 6.07) is 29.3. The number of alkyl halides is 6. The quantitative estimate of drug-likeness (QED) is 0.102. The molecule has 0 fully saturated rings. The molecule has 0 bridgehead atoms. The van der Waals surface area contributed by atoms with E-state index in [1.54, 1.807) is 97.1 Å². The summed E-state index contributed by atoms with van der Waals surface area (Å²) in [7, 11) is 0. The summed E-state index contributed by atoms with van der Waals surface area (Å²) in [6.45, 7) is 14.9. The molecular weight excluding hydrogens is 831 g/mol. The molecule has 7 rings (SSSR count). The molecule has 0 unspecified atom stereocenters. The van der Waals surface area contributed by atoms with Crippen molar-refractivity contribution < 1.29 is 45.3 Å². The lowest BCUT2D eigenvalue weighted by atomic mass is 9.92. The van der Waals surface area contributed by atoms with Gasteiger partial charge in [0.05, 0.1) is 24.4 Å². The van der Waals surface area contributed by atoms with Crippen LogP contribution in [0.15, 0.2) is 109 Å². The normalized spacial score (nSPS) is 15.6. The van der Waals surface area contributed by atoms with Gasteiger partial charge in [-0.1, -0.05) is 0 Å². The average molecular weight is 877 g/mol. The Balaban J connectivity index is 1.50. The first kappa shape index (κ1) is 43.9. The fourth-order valence-corrected chi connectivity index (χ4v) is 9.50. The zero-order chi connectivity index (χ0) is 44.0. The Morgan fingerprint density at radius 2 is 0.623 bits per heavy atom. The van der Waals surface area contributed by atoms with Crippen LogP contribution >= 0.6 is 22.7 Å². The van der Waals surface area contributed by atoms with E-state index in [1.165, 1.54) is 12.1 Å². The molecule has 2 aromatic heterocycles. The molecule has 0 saturated carbocycles. The predicted molar refractivity (Wildman–Crippen MR) is 235 cm³/mol. The zero-order valence-electron chi connectivity index (χ0n) is 34.9. The van der Waals surface area contributed by atoms with Gasteiger partial charge in [0.15, 0.2) is 0 Å². The minimum atomic E-state index is -5.79. The largest absolute Gasteiger partial charge is 0.491 e.